The zero-order valence-electron chi connectivity index (χ0n) is 6.49. The summed E-state index contributed by atoms with van der Waals surface area (Å²) in [4.78, 5) is 3.53. The Labute approximate surface area is 70.4 Å². The van der Waals surface area contributed by atoms with E-state index in [1.807, 2.05) is 0 Å². The Kier molecular flexibility index (Phi) is 1.94. The molecule has 2 nitrogen and oxygen atoms in total. The number of likely N-dealkylation sites (N-methyl/N-ethyl adjacent to an activating group) is 1. The van der Waals surface area contributed by atoms with Gasteiger partial charge in [-0.3, -0.25) is 4.90 Å². The molecule has 1 saturated heterocycles. The molecule has 1 aliphatic rings. The van der Waals surface area contributed by atoms with Crippen LogP contribution in [0.3, 0.4) is 0 Å². The highest BCUT2D eigenvalue weighted by atomic mass is 32.1. The van der Waals surface area contributed by atoms with Gasteiger partial charge in [-0.05, 0) is 18.5 Å². The lowest BCUT2D eigenvalue weighted by molar-refractivity contribution is 0.0976. The maximum atomic E-state index is 5.55. The van der Waals surface area contributed by atoms with Gasteiger partial charge >= 0.3 is 0 Å². The molecule has 0 saturated carbocycles. The van der Waals surface area contributed by atoms with Crippen LogP contribution in [0.4, 0.5) is 0 Å². The summed E-state index contributed by atoms with van der Waals surface area (Å²) in [5.74, 6) is 0. The van der Waals surface area contributed by atoms with Gasteiger partial charge in [0.05, 0.1) is 6.73 Å². The second kappa shape index (κ2) is 2.93. The van der Waals surface area contributed by atoms with Crippen LogP contribution < -0.4 is 0 Å². The van der Waals surface area contributed by atoms with Crippen LogP contribution in [0.5, 0.6) is 0 Å². The monoisotopic (exact) mass is 169 g/mol. The third kappa shape index (κ3) is 1.45. The van der Waals surface area contributed by atoms with Crippen LogP contribution in [0.25, 0.3) is 0 Å². The predicted octanol–water partition coefficient (Wildman–Crippen LogP) is 1.71. The topological polar surface area (TPSA) is 12.5 Å². The molecule has 1 unspecified atom stereocenters. The van der Waals surface area contributed by atoms with Gasteiger partial charge in [-0.25, -0.2) is 0 Å². The minimum Gasteiger partial charge on any atom is -0.356 e. The summed E-state index contributed by atoms with van der Waals surface area (Å²) in [7, 11) is 2.08. The van der Waals surface area contributed by atoms with Crippen molar-refractivity contribution in [1.29, 1.82) is 0 Å². The summed E-state index contributed by atoms with van der Waals surface area (Å²) in [6.45, 7) is 1.79. The maximum Gasteiger partial charge on any atom is 0.106 e. The van der Waals surface area contributed by atoms with Gasteiger partial charge in [0.2, 0.25) is 0 Å². The molecule has 1 aliphatic heterocycles. The lowest BCUT2D eigenvalue weighted by Crippen LogP contribution is -2.12. The number of thiophene rings is 1. The van der Waals surface area contributed by atoms with E-state index >= 15 is 0 Å². The fourth-order valence-electron chi connectivity index (χ4n) is 1.25. The molecule has 2 rings (SSSR count). The Morgan fingerprint density at radius 2 is 2.64 bits per heavy atom. The Bertz CT molecular complexity index is 222. The minimum absolute atomic E-state index is 0.319. The molecule has 2 heterocycles. The second-order valence-electron chi connectivity index (χ2n) is 2.84. The van der Waals surface area contributed by atoms with Crippen molar-refractivity contribution in [3.63, 3.8) is 0 Å². The number of ether oxygens (including phenoxy) is 1. The Hall–Kier alpha value is -0.380. The van der Waals surface area contributed by atoms with Gasteiger partial charge in [0.1, 0.15) is 6.10 Å². The molecule has 11 heavy (non-hydrogen) atoms. The van der Waals surface area contributed by atoms with Crippen molar-refractivity contribution in [3.05, 3.63) is 22.4 Å². The smallest absolute Gasteiger partial charge is 0.106 e. The molecule has 0 radical (unpaired) electrons. The van der Waals surface area contributed by atoms with Crippen molar-refractivity contribution < 1.29 is 4.74 Å². The number of rotatable bonds is 1. The summed E-state index contributed by atoms with van der Waals surface area (Å²) in [5, 5.41) is 2.09. The van der Waals surface area contributed by atoms with E-state index in [0.717, 1.165) is 13.3 Å². The van der Waals surface area contributed by atoms with Crippen LogP contribution in [0.15, 0.2) is 17.5 Å². The Morgan fingerprint density at radius 3 is 3.18 bits per heavy atom. The molecule has 1 aromatic heterocycles. The van der Waals surface area contributed by atoms with Crippen LogP contribution in [-0.4, -0.2) is 25.2 Å². The van der Waals surface area contributed by atoms with Crippen molar-refractivity contribution in [2.24, 2.45) is 0 Å². The highest BCUT2D eigenvalue weighted by molar-refractivity contribution is 7.10. The number of nitrogens with zero attached hydrogens (tertiary/aromatic N) is 1. The fourth-order valence-corrected chi connectivity index (χ4v) is 2.02. The van der Waals surface area contributed by atoms with Gasteiger partial charge in [0, 0.05) is 11.4 Å². The molecular formula is C8H11NOS. The molecule has 3 heteroatoms. The minimum atomic E-state index is 0.319. The van der Waals surface area contributed by atoms with Gasteiger partial charge in [-0.1, -0.05) is 6.07 Å². The van der Waals surface area contributed by atoms with Crippen LogP contribution in [0.1, 0.15) is 11.0 Å². The molecule has 1 fully saturated rings. The van der Waals surface area contributed by atoms with Crippen molar-refractivity contribution >= 4 is 11.3 Å². The predicted molar refractivity (Wildman–Crippen MR) is 45.6 cm³/mol. The summed E-state index contributed by atoms with van der Waals surface area (Å²) in [5.41, 5.74) is 0. The van der Waals surface area contributed by atoms with E-state index in [2.05, 4.69) is 29.5 Å². The molecule has 1 atom stereocenters. The maximum absolute atomic E-state index is 5.55. The summed E-state index contributed by atoms with van der Waals surface area (Å²) < 4.78 is 5.55. The van der Waals surface area contributed by atoms with E-state index in [0.29, 0.717) is 6.10 Å². The van der Waals surface area contributed by atoms with E-state index < -0.39 is 0 Å². The highest BCUT2D eigenvalue weighted by Gasteiger charge is 2.21. The van der Waals surface area contributed by atoms with E-state index in [4.69, 9.17) is 4.74 Å². The Morgan fingerprint density at radius 1 is 1.73 bits per heavy atom. The van der Waals surface area contributed by atoms with Crippen LogP contribution in [0.2, 0.25) is 0 Å². The molecule has 0 aliphatic carbocycles. The Balaban J connectivity index is 2.08. The van der Waals surface area contributed by atoms with E-state index in [1.54, 1.807) is 11.3 Å². The number of hydrogen-bond acceptors (Lipinski definition) is 3. The normalized spacial score (nSPS) is 26.1. The van der Waals surface area contributed by atoms with E-state index in [1.165, 1.54) is 4.88 Å². The zero-order chi connectivity index (χ0) is 7.68. The van der Waals surface area contributed by atoms with E-state index in [9.17, 15) is 0 Å². The lowest BCUT2D eigenvalue weighted by atomic mass is 10.3. The summed E-state index contributed by atoms with van der Waals surface area (Å²) in [6, 6.07) is 4.20. The highest BCUT2D eigenvalue weighted by Crippen LogP contribution is 2.26. The summed E-state index contributed by atoms with van der Waals surface area (Å²) >= 11 is 1.77. The van der Waals surface area contributed by atoms with Crippen molar-refractivity contribution in [2.75, 3.05) is 20.3 Å². The molecule has 0 N–H and O–H groups in total. The molecule has 1 aromatic rings. The van der Waals surface area contributed by atoms with E-state index in [-0.39, 0.29) is 0 Å². The van der Waals surface area contributed by atoms with Gasteiger partial charge in [0.25, 0.3) is 0 Å². The van der Waals surface area contributed by atoms with Crippen LogP contribution >= 0.6 is 11.3 Å². The average molecular weight is 169 g/mol. The lowest BCUT2D eigenvalue weighted by Gasteiger charge is -2.04. The second-order valence-corrected chi connectivity index (χ2v) is 3.82. The standard InChI is InChI=1S/C8H11NOS/c1-9-5-7(10-6-9)8-3-2-4-11-8/h2-4,7H,5-6H2,1H3. The zero-order valence-corrected chi connectivity index (χ0v) is 7.30. The molecule has 0 bridgehead atoms. The van der Waals surface area contributed by atoms with Gasteiger partial charge in [-0.15, -0.1) is 11.3 Å². The SMILES string of the molecule is CN1COC(c2cccs2)C1. The third-order valence-corrected chi connectivity index (χ3v) is 2.80. The van der Waals surface area contributed by atoms with Gasteiger partial charge in [0.15, 0.2) is 0 Å². The molecule has 0 amide bonds. The first-order valence-electron chi connectivity index (χ1n) is 3.70. The fraction of sp³-hybridized carbons (Fsp3) is 0.500. The molecule has 60 valence electrons. The first kappa shape index (κ1) is 7.28. The van der Waals surface area contributed by atoms with Crippen LogP contribution in [0, 0.1) is 0 Å². The number of hydrogen-bond donors (Lipinski definition) is 0. The largest absolute Gasteiger partial charge is 0.356 e. The van der Waals surface area contributed by atoms with Crippen molar-refractivity contribution in [3.8, 4) is 0 Å². The van der Waals surface area contributed by atoms with Crippen molar-refractivity contribution in [1.82, 2.24) is 4.90 Å². The van der Waals surface area contributed by atoms with Crippen LogP contribution in [-0.2, 0) is 4.74 Å². The quantitative estimate of drug-likeness (QED) is 0.634. The average Bonchev–Trinajstić information content (AvgIpc) is 2.55. The van der Waals surface area contributed by atoms with Gasteiger partial charge < -0.3 is 4.74 Å². The summed E-state index contributed by atoms with van der Waals surface area (Å²) in [6.07, 6.45) is 0.319. The molecular weight excluding hydrogens is 158 g/mol. The first-order chi connectivity index (χ1) is 5.36. The molecule has 0 spiro atoms. The van der Waals surface area contributed by atoms with Gasteiger partial charge in [-0.2, -0.15) is 0 Å². The van der Waals surface area contributed by atoms with Crippen molar-refractivity contribution in [2.45, 2.75) is 6.10 Å². The first-order valence-corrected chi connectivity index (χ1v) is 4.58. The third-order valence-electron chi connectivity index (χ3n) is 1.83. The molecule has 0 aromatic carbocycles.